The Morgan fingerprint density at radius 1 is 1.36 bits per heavy atom. The van der Waals surface area contributed by atoms with Gasteiger partial charge in [-0.15, -0.1) is 0 Å². The monoisotopic (exact) mass is 329 g/mol. The lowest BCUT2D eigenvalue weighted by Gasteiger charge is -2.23. The second kappa shape index (κ2) is 6.30. The third kappa shape index (κ3) is 3.94. The van der Waals surface area contributed by atoms with Crippen LogP contribution < -0.4 is 10.6 Å². The third-order valence-electron chi connectivity index (χ3n) is 3.14. The zero-order chi connectivity index (χ0) is 17.1. The zero-order valence-corrected chi connectivity index (χ0v) is 13.7. The molecule has 2 N–H and O–H groups in total. The number of nitro benzene ring substituents is 1. The van der Waals surface area contributed by atoms with E-state index in [-0.39, 0.29) is 23.0 Å². The van der Waals surface area contributed by atoms with Crippen LogP contribution in [0.4, 0.5) is 11.4 Å². The van der Waals surface area contributed by atoms with Crippen molar-refractivity contribution in [3.63, 3.8) is 0 Å². The number of anilines is 1. The molecule has 0 spiro atoms. The van der Waals surface area contributed by atoms with Crippen LogP contribution in [0.3, 0.4) is 0 Å². The minimum atomic E-state index is -3.74. The minimum absolute atomic E-state index is 0.0601. The van der Waals surface area contributed by atoms with Crippen LogP contribution in [0.15, 0.2) is 23.1 Å². The van der Waals surface area contributed by atoms with Crippen molar-refractivity contribution in [2.45, 2.75) is 18.7 Å². The number of para-hydroxylation sites is 1. The Morgan fingerprint density at radius 2 is 1.95 bits per heavy atom. The van der Waals surface area contributed by atoms with Crippen LogP contribution in [-0.4, -0.2) is 39.1 Å². The van der Waals surface area contributed by atoms with Crippen molar-refractivity contribution in [3.8, 4) is 0 Å². The van der Waals surface area contributed by atoms with Gasteiger partial charge in [-0.25, -0.2) is 8.42 Å². The van der Waals surface area contributed by atoms with Crippen LogP contribution in [0.25, 0.3) is 0 Å². The first-order valence-electron chi connectivity index (χ1n) is 6.44. The van der Waals surface area contributed by atoms with Crippen molar-refractivity contribution in [2.24, 2.45) is 5.41 Å². The Morgan fingerprint density at radius 3 is 2.41 bits per heavy atom. The summed E-state index contributed by atoms with van der Waals surface area (Å²) < 4.78 is 23.3. The molecule has 1 rings (SSSR count). The quantitative estimate of drug-likeness (QED) is 0.597. The van der Waals surface area contributed by atoms with Gasteiger partial charge in [0, 0.05) is 19.8 Å². The molecular weight excluding hydrogens is 310 g/mol. The summed E-state index contributed by atoms with van der Waals surface area (Å²) in [5.41, 5.74) is -1.27. The smallest absolute Gasteiger partial charge is 0.310 e. The number of nitro groups is 1. The van der Waals surface area contributed by atoms with Crippen molar-refractivity contribution in [1.29, 1.82) is 0 Å². The summed E-state index contributed by atoms with van der Waals surface area (Å²) in [6.07, 6.45) is 0.910. The maximum atomic E-state index is 11.7. The fourth-order valence-electron chi connectivity index (χ4n) is 1.89. The van der Waals surface area contributed by atoms with Gasteiger partial charge in [0.15, 0.2) is 9.84 Å². The Balaban J connectivity index is 3.22. The van der Waals surface area contributed by atoms with Gasteiger partial charge in [0.05, 0.1) is 10.3 Å². The summed E-state index contributed by atoms with van der Waals surface area (Å²) >= 11 is 0. The number of hydrogen-bond acceptors (Lipinski definition) is 6. The first kappa shape index (κ1) is 17.9. The molecule has 1 aromatic carbocycles. The van der Waals surface area contributed by atoms with Gasteiger partial charge >= 0.3 is 5.69 Å². The van der Waals surface area contributed by atoms with E-state index < -0.39 is 25.9 Å². The molecule has 0 atom stereocenters. The lowest BCUT2D eigenvalue weighted by Crippen LogP contribution is -2.39. The number of rotatable bonds is 6. The first-order chi connectivity index (χ1) is 10.0. The second-order valence-corrected chi connectivity index (χ2v) is 7.48. The van der Waals surface area contributed by atoms with Gasteiger partial charge in [-0.3, -0.25) is 14.9 Å². The van der Waals surface area contributed by atoms with Crippen LogP contribution in [-0.2, 0) is 14.6 Å². The van der Waals surface area contributed by atoms with Crippen LogP contribution in [0, 0.1) is 15.5 Å². The maximum Gasteiger partial charge on any atom is 0.310 e. The maximum absolute atomic E-state index is 11.7. The van der Waals surface area contributed by atoms with Gasteiger partial charge < -0.3 is 10.6 Å². The van der Waals surface area contributed by atoms with Crippen molar-refractivity contribution in [2.75, 3.05) is 25.2 Å². The van der Waals surface area contributed by atoms with E-state index >= 15 is 0 Å². The molecule has 0 aliphatic heterocycles. The van der Waals surface area contributed by atoms with E-state index in [0.29, 0.717) is 0 Å². The summed E-state index contributed by atoms with van der Waals surface area (Å²) in [6, 6.07) is 4.01. The number of hydrogen-bond donors (Lipinski definition) is 2. The number of carbonyl (C=O) groups is 1. The van der Waals surface area contributed by atoms with Crippen LogP contribution in [0.1, 0.15) is 13.8 Å². The molecule has 0 fully saturated rings. The van der Waals surface area contributed by atoms with Crippen LogP contribution >= 0.6 is 0 Å². The van der Waals surface area contributed by atoms with E-state index in [2.05, 4.69) is 10.6 Å². The number of sulfone groups is 1. The van der Waals surface area contributed by atoms with E-state index in [9.17, 15) is 23.3 Å². The van der Waals surface area contributed by atoms with Gasteiger partial charge in [-0.1, -0.05) is 6.07 Å². The van der Waals surface area contributed by atoms with Crippen LogP contribution in [0.5, 0.6) is 0 Å². The Labute approximate surface area is 129 Å². The number of nitrogens with one attached hydrogen (secondary N) is 2. The largest absolute Gasteiger partial charge is 0.378 e. The predicted molar refractivity (Wildman–Crippen MR) is 82.5 cm³/mol. The fraction of sp³-hybridized carbons (Fsp3) is 0.462. The summed E-state index contributed by atoms with van der Waals surface area (Å²) in [5.74, 6) is -0.234. The first-order valence-corrected chi connectivity index (χ1v) is 8.33. The Hall–Kier alpha value is -2.16. The highest BCUT2D eigenvalue weighted by Gasteiger charge is 2.30. The molecule has 8 nitrogen and oxygen atoms in total. The normalized spacial score (nSPS) is 11.8. The Kier molecular flexibility index (Phi) is 5.13. The molecule has 1 amide bonds. The highest BCUT2D eigenvalue weighted by atomic mass is 32.2. The average Bonchev–Trinajstić information content (AvgIpc) is 2.42. The van der Waals surface area contributed by atoms with Crippen molar-refractivity contribution in [1.82, 2.24) is 5.32 Å². The number of carbonyl (C=O) groups excluding carboxylic acids is 1. The summed E-state index contributed by atoms with van der Waals surface area (Å²) in [7, 11) is -2.24. The number of nitrogens with zero attached hydrogens (tertiary/aromatic N) is 1. The van der Waals surface area contributed by atoms with E-state index in [0.717, 1.165) is 6.26 Å². The van der Waals surface area contributed by atoms with Gasteiger partial charge in [0.2, 0.25) is 5.91 Å². The zero-order valence-electron chi connectivity index (χ0n) is 12.8. The van der Waals surface area contributed by atoms with Gasteiger partial charge in [0.25, 0.3) is 0 Å². The van der Waals surface area contributed by atoms with Crippen LogP contribution in [0.2, 0.25) is 0 Å². The lowest BCUT2D eigenvalue weighted by molar-refractivity contribution is -0.386. The average molecular weight is 329 g/mol. The molecule has 0 radical (unpaired) electrons. The summed E-state index contributed by atoms with van der Waals surface area (Å²) in [6.45, 7) is 3.46. The molecular formula is C13H19N3O5S. The molecule has 0 aromatic heterocycles. The number of benzene rings is 1. The molecule has 0 unspecified atom stereocenters. The van der Waals surface area contributed by atoms with Crippen molar-refractivity contribution >= 4 is 27.1 Å². The molecule has 0 saturated carbocycles. The highest BCUT2D eigenvalue weighted by Crippen LogP contribution is 2.32. The molecule has 0 bridgehead atoms. The van der Waals surface area contributed by atoms with E-state index in [1.165, 1.54) is 25.2 Å². The molecule has 0 aliphatic rings. The highest BCUT2D eigenvalue weighted by molar-refractivity contribution is 7.90. The van der Waals surface area contributed by atoms with Gasteiger partial charge in [0.1, 0.15) is 10.6 Å². The molecule has 9 heteroatoms. The molecule has 122 valence electrons. The van der Waals surface area contributed by atoms with E-state index in [1.54, 1.807) is 13.8 Å². The topological polar surface area (TPSA) is 118 Å². The predicted octanol–water partition coefficient (Wildman–Crippen LogP) is 1.18. The standard InChI is InChI=1S/C13H19N3O5S/c1-13(2,12(17)14-3)8-15-9-6-5-7-10(22(4,20)21)11(9)16(18)19/h5-7,15H,8H2,1-4H3,(H,14,17). The molecule has 22 heavy (non-hydrogen) atoms. The number of amides is 1. The third-order valence-corrected chi connectivity index (χ3v) is 4.27. The van der Waals surface area contributed by atoms with Crippen molar-refractivity contribution < 1.29 is 18.1 Å². The van der Waals surface area contributed by atoms with Crippen molar-refractivity contribution in [3.05, 3.63) is 28.3 Å². The molecule has 1 aromatic rings. The SMILES string of the molecule is CNC(=O)C(C)(C)CNc1cccc(S(C)(=O)=O)c1[N+](=O)[O-]. The molecule has 0 aliphatic carbocycles. The molecule has 0 saturated heterocycles. The fourth-order valence-corrected chi connectivity index (χ4v) is 2.75. The van der Waals surface area contributed by atoms with Gasteiger partial charge in [-0.2, -0.15) is 0 Å². The Bertz CT molecular complexity index is 698. The second-order valence-electron chi connectivity index (χ2n) is 5.50. The summed E-state index contributed by atoms with van der Waals surface area (Å²) in [5, 5.41) is 16.5. The van der Waals surface area contributed by atoms with E-state index in [1.807, 2.05) is 0 Å². The minimum Gasteiger partial charge on any atom is -0.378 e. The van der Waals surface area contributed by atoms with E-state index in [4.69, 9.17) is 0 Å². The van der Waals surface area contributed by atoms with Gasteiger partial charge in [-0.05, 0) is 26.0 Å². The molecule has 0 heterocycles. The summed E-state index contributed by atoms with van der Waals surface area (Å²) in [4.78, 5) is 21.8. The lowest BCUT2D eigenvalue weighted by atomic mass is 9.92.